The summed E-state index contributed by atoms with van der Waals surface area (Å²) in [5.41, 5.74) is 1.15. The minimum Gasteiger partial charge on any atom is -0.545 e. The van der Waals surface area contributed by atoms with E-state index in [1.165, 1.54) is 53.2 Å². The van der Waals surface area contributed by atoms with Crippen molar-refractivity contribution in [3.8, 4) is 16.9 Å². The Labute approximate surface area is 180 Å². The average molecular weight is 428 g/mol. The molecule has 3 aromatic carbocycles. The summed E-state index contributed by atoms with van der Waals surface area (Å²) in [5.74, 6) is -1.31. The first-order valence-electron chi connectivity index (χ1n) is 9.32. The van der Waals surface area contributed by atoms with Crippen LogP contribution in [0, 0.1) is 10.1 Å². The molecule has 1 heterocycles. The van der Waals surface area contributed by atoms with Gasteiger partial charge in [-0.1, -0.05) is 30.3 Å². The van der Waals surface area contributed by atoms with E-state index in [2.05, 4.69) is 15.3 Å². The Morgan fingerprint density at radius 1 is 0.906 bits per heavy atom. The number of rotatable bonds is 6. The molecule has 4 aromatic rings. The maximum atomic E-state index is 13.1. The Hall–Kier alpha value is -4.86. The van der Waals surface area contributed by atoms with Crippen molar-refractivity contribution in [3.05, 3.63) is 105 Å². The number of nitrogens with one attached hydrogen (secondary N) is 1. The highest BCUT2D eigenvalue weighted by Crippen LogP contribution is 2.29. The molecule has 0 spiro atoms. The van der Waals surface area contributed by atoms with Crippen molar-refractivity contribution in [1.82, 2.24) is 9.78 Å². The number of hydrogen-bond donors (Lipinski definition) is 1. The van der Waals surface area contributed by atoms with E-state index >= 15 is 0 Å². The summed E-state index contributed by atoms with van der Waals surface area (Å²) in [6, 6.07) is 20.0. The fourth-order valence-corrected chi connectivity index (χ4v) is 3.00. The first kappa shape index (κ1) is 20.4. The van der Waals surface area contributed by atoms with Crippen molar-refractivity contribution >= 4 is 23.0 Å². The molecule has 0 unspecified atom stereocenters. The van der Waals surface area contributed by atoms with Gasteiger partial charge in [-0.3, -0.25) is 20.0 Å². The second-order valence-corrected chi connectivity index (χ2v) is 6.65. The van der Waals surface area contributed by atoms with Crippen molar-refractivity contribution in [1.29, 1.82) is 0 Å². The zero-order valence-corrected chi connectivity index (χ0v) is 16.3. The van der Waals surface area contributed by atoms with Crippen LogP contribution in [0.1, 0.15) is 10.4 Å². The molecule has 0 bridgehead atoms. The smallest absolute Gasteiger partial charge is 0.299 e. The third kappa shape index (κ3) is 4.05. The molecule has 0 fully saturated rings. The first-order chi connectivity index (χ1) is 15.4. The van der Waals surface area contributed by atoms with E-state index < -0.39 is 16.5 Å². The molecular weight excluding hydrogens is 414 g/mol. The van der Waals surface area contributed by atoms with Crippen LogP contribution in [-0.2, 0) is 0 Å². The molecule has 0 amide bonds. The minimum atomic E-state index is -1.31. The SMILES string of the molecule is O=C([O-])c1ccc(N=Nc2c(-c3ccc([N+](=O)[O-])cc3)[nH]n(-c3ccccc3)c2=O)cc1. The summed E-state index contributed by atoms with van der Waals surface area (Å²) >= 11 is 0. The van der Waals surface area contributed by atoms with Gasteiger partial charge in [0.1, 0.15) is 0 Å². The van der Waals surface area contributed by atoms with Gasteiger partial charge >= 0.3 is 0 Å². The van der Waals surface area contributed by atoms with Gasteiger partial charge in [-0.05, 0) is 42.0 Å². The molecule has 0 saturated carbocycles. The van der Waals surface area contributed by atoms with Crippen molar-refractivity contribution in [2.45, 2.75) is 0 Å². The summed E-state index contributed by atoms with van der Waals surface area (Å²) in [6.45, 7) is 0. The maximum absolute atomic E-state index is 13.1. The van der Waals surface area contributed by atoms with Crippen LogP contribution in [0.4, 0.5) is 17.1 Å². The van der Waals surface area contributed by atoms with E-state index in [0.29, 0.717) is 22.6 Å². The standard InChI is InChI=1S/C22H15N5O5/c28-21-20(24-23-16-10-6-15(7-11-16)22(29)30)19(14-8-12-18(13-9-14)27(31)32)25-26(21)17-4-2-1-3-5-17/h1-13,25H,(H,29,30)/p-1. The van der Waals surface area contributed by atoms with E-state index in [1.54, 1.807) is 24.3 Å². The third-order valence-corrected chi connectivity index (χ3v) is 4.62. The second kappa shape index (κ2) is 8.48. The van der Waals surface area contributed by atoms with Crippen molar-refractivity contribution < 1.29 is 14.8 Å². The van der Waals surface area contributed by atoms with Crippen LogP contribution in [-0.4, -0.2) is 20.7 Å². The van der Waals surface area contributed by atoms with E-state index in [1.807, 2.05) is 6.07 Å². The Morgan fingerprint density at radius 3 is 2.16 bits per heavy atom. The Balaban J connectivity index is 1.80. The Kier molecular flexibility index (Phi) is 5.41. The number of benzene rings is 3. The number of hydrogen-bond acceptors (Lipinski definition) is 7. The molecule has 10 nitrogen and oxygen atoms in total. The third-order valence-electron chi connectivity index (χ3n) is 4.62. The topological polar surface area (TPSA) is 146 Å². The lowest BCUT2D eigenvalue weighted by atomic mass is 10.1. The van der Waals surface area contributed by atoms with E-state index in [9.17, 15) is 24.8 Å². The predicted molar refractivity (Wildman–Crippen MR) is 113 cm³/mol. The van der Waals surface area contributed by atoms with Gasteiger partial charge in [0.2, 0.25) is 0 Å². The number of aromatic nitrogens is 2. The summed E-state index contributed by atoms with van der Waals surface area (Å²) in [4.78, 5) is 34.4. The Morgan fingerprint density at radius 2 is 1.56 bits per heavy atom. The van der Waals surface area contributed by atoms with E-state index in [-0.39, 0.29) is 16.9 Å². The van der Waals surface area contributed by atoms with Crippen molar-refractivity contribution in [2.75, 3.05) is 0 Å². The number of para-hydroxylation sites is 1. The first-order valence-corrected chi connectivity index (χ1v) is 9.32. The van der Waals surface area contributed by atoms with Crippen molar-refractivity contribution in [2.24, 2.45) is 10.2 Å². The molecule has 4 rings (SSSR count). The fraction of sp³-hybridized carbons (Fsp3) is 0. The molecular formula is C22H14N5O5-. The lowest BCUT2D eigenvalue weighted by Gasteiger charge is -2.02. The van der Waals surface area contributed by atoms with Crippen LogP contribution in [0.5, 0.6) is 0 Å². The number of nitro benzene ring substituents is 1. The van der Waals surface area contributed by atoms with Gasteiger partial charge in [0, 0.05) is 17.7 Å². The van der Waals surface area contributed by atoms with Gasteiger partial charge in [0.05, 0.1) is 28.0 Å². The fourth-order valence-electron chi connectivity index (χ4n) is 3.00. The monoisotopic (exact) mass is 428 g/mol. The van der Waals surface area contributed by atoms with Crippen LogP contribution in [0.15, 0.2) is 93.9 Å². The summed E-state index contributed by atoms with van der Waals surface area (Å²) < 4.78 is 1.30. The number of H-pyrrole nitrogens is 1. The molecule has 0 saturated heterocycles. The molecule has 0 aliphatic carbocycles. The molecule has 32 heavy (non-hydrogen) atoms. The maximum Gasteiger partial charge on any atom is 0.299 e. The molecule has 0 aliphatic rings. The molecule has 0 aliphatic heterocycles. The number of aromatic amines is 1. The molecule has 0 radical (unpaired) electrons. The molecule has 0 atom stereocenters. The van der Waals surface area contributed by atoms with Gasteiger partial charge < -0.3 is 9.90 Å². The number of carbonyl (C=O) groups is 1. The summed E-state index contributed by atoms with van der Waals surface area (Å²) in [6.07, 6.45) is 0. The van der Waals surface area contributed by atoms with Crippen LogP contribution < -0.4 is 10.7 Å². The van der Waals surface area contributed by atoms with E-state index in [0.717, 1.165) is 0 Å². The lowest BCUT2D eigenvalue weighted by molar-refractivity contribution is -0.384. The Bertz CT molecular complexity index is 1370. The number of nitrogens with zero attached hydrogens (tertiary/aromatic N) is 4. The molecule has 158 valence electrons. The highest BCUT2D eigenvalue weighted by Gasteiger charge is 2.18. The second-order valence-electron chi connectivity index (χ2n) is 6.65. The van der Waals surface area contributed by atoms with Crippen LogP contribution in [0.2, 0.25) is 0 Å². The predicted octanol–water partition coefficient (Wildman–Crippen LogP) is 3.52. The number of aromatic carboxylic acids is 1. The highest BCUT2D eigenvalue weighted by atomic mass is 16.6. The van der Waals surface area contributed by atoms with E-state index in [4.69, 9.17) is 0 Å². The van der Waals surface area contributed by atoms with Crippen LogP contribution in [0.3, 0.4) is 0 Å². The number of non-ortho nitro benzene ring substituents is 1. The van der Waals surface area contributed by atoms with Gasteiger partial charge in [-0.2, -0.15) is 5.11 Å². The van der Waals surface area contributed by atoms with Crippen molar-refractivity contribution in [3.63, 3.8) is 0 Å². The summed E-state index contributed by atoms with van der Waals surface area (Å²) in [5, 5.41) is 33.0. The molecule has 1 aromatic heterocycles. The number of carboxylic acids is 1. The quantitative estimate of drug-likeness (QED) is 0.284. The largest absolute Gasteiger partial charge is 0.545 e. The summed E-state index contributed by atoms with van der Waals surface area (Å²) in [7, 11) is 0. The van der Waals surface area contributed by atoms with Crippen LogP contribution >= 0.6 is 0 Å². The number of carbonyl (C=O) groups excluding carboxylic acids is 1. The van der Waals surface area contributed by atoms with Crippen LogP contribution in [0.25, 0.3) is 16.9 Å². The number of nitro groups is 1. The van der Waals surface area contributed by atoms with Gasteiger partial charge in [0.15, 0.2) is 5.69 Å². The lowest BCUT2D eigenvalue weighted by Crippen LogP contribution is -2.21. The highest BCUT2D eigenvalue weighted by molar-refractivity contribution is 5.86. The van der Waals surface area contributed by atoms with Gasteiger partial charge in [-0.15, -0.1) is 5.11 Å². The minimum absolute atomic E-state index is 0.00770. The van der Waals surface area contributed by atoms with Gasteiger partial charge in [-0.25, -0.2) is 4.68 Å². The zero-order chi connectivity index (χ0) is 22.7. The number of azo groups is 1. The normalized spacial score (nSPS) is 11.0. The number of carboxylic acid groups (broad SMARTS) is 1. The zero-order valence-electron chi connectivity index (χ0n) is 16.3. The average Bonchev–Trinajstić information content (AvgIpc) is 3.14. The molecule has 1 N–H and O–H groups in total. The van der Waals surface area contributed by atoms with Gasteiger partial charge in [0.25, 0.3) is 11.2 Å². The molecule has 10 heteroatoms.